The minimum atomic E-state index is -0.279. The fourth-order valence-corrected chi connectivity index (χ4v) is 2.34. The molecule has 0 atom stereocenters. The zero-order chi connectivity index (χ0) is 14.0. The maximum absolute atomic E-state index is 12.0. The van der Waals surface area contributed by atoms with E-state index in [0.29, 0.717) is 6.54 Å². The molecule has 0 spiro atoms. The molecule has 0 aliphatic rings. The van der Waals surface area contributed by atoms with E-state index in [2.05, 4.69) is 21.0 Å². The Bertz CT molecular complexity index is 708. The topological polar surface area (TPSA) is 63.6 Å². The summed E-state index contributed by atoms with van der Waals surface area (Å²) in [5, 5.41) is 13.3. The first-order chi connectivity index (χ1) is 9.08. The number of nitrogens with zero attached hydrogens (tertiary/aromatic N) is 4. The number of hydrogen-bond donors (Lipinski definition) is 0. The van der Waals surface area contributed by atoms with Crippen molar-refractivity contribution in [3.63, 3.8) is 0 Å². The van der Waals surface area contributed by atoms with Crippen molar-refractivity contribution >= 4 is 15.9 Å². The van der Waals surface area contributed by atoms with Crippen LogP contribution in [0.2, 0.25) is 0 Å². The smallest absolute Gasteiger partial charge is 0.268 e. The molecule has 0 fully saturated rings. The second-order valence-corrected chi connectivity index (χ2v) is 4.92. The minimum absolute atomic E-state index is 0.151. The Morgan fingerprint density at radius 3 is 2.89 bits per heavy atom. The van der Waals surface area contributed by atoms with Crippen LogP contribution in [0.1, 0.15) is 23.9 Å². The van der Waals surface area contributed by atoms with Gasteiger partial charge < -0.3 is 4.57 Å². The molecule has 0 saturated carbocycles. The highest BCUT2D eigenvalue weighted by Gasteiger charge is 2.13. The molecule has 6 heteroatoms. The highest BCUT2D eigenvalue weighted by molar-refractivity contribution is 9.10. The molecule has 2 aromatic heterocycles. The SMILES string of the molecule is CCn1nc(C)c(Br)c1Cn1cccc(C#N)c1=O. The molecule has 0 N–H and O–H groups in total. The highest BCUT2D eigenvalue weighted by atomic mass is 79.9. The average molecular weight is 321 g/mol. The Balaban J connectivity index is 2.48. The number of pyridine rings is 1. The van der Waals surface area contributed by atoms with Crippen LogP contribution < -0.4 is 5.56 Å². The Kier molecular flexibility index (Phi) is 3.86. The Hall–Kier alpha value is -1.87. The summed E-state index contributed by atoms with van der Waals surface area (Å²) in [4.78, 5) is 12.0. The lowest BCUT2D eigenvalue weighted by Crippen LogP contribution is -2.23. The van der Waals surface area contributed by atoms with Gasteiger partial charge in [-0.1, -0.05) is 0 Å². The molecular weight excluding hydrogens is 308 g/mol. The second-order valence-electron chi connectivity index (χ2n) is 4.13. The van der Waals surface area contributed by atoms with E-state index in [1.54, 1.807) is 12.3 Å². The van der Waals surface area contributed by atoms with Crippen molar-refractivity contribution in [1.29, 1.82) is 5.26 Å². The fraction of sp³-hybridized carbons (Fsp3) is 0.308. The van der Waals surface area contributed by atoms with Gasteiger partial charge in [0, 0.05) is 12.7 Å². The summed E-state index contributed by atoms with van der Waals surface area (Å²) >= 11 is 3.50. The van der Waals surface area contributed by atoms with Gasteiger partial charge in [-0.15, -0.1) is 0 Å². The third kappa shape index (κ3) is 2.47. The van der Waals surface area contributed by atoms with Crippen LogP contribution in [0, 0.1) is 18.3 Å². The molecule has 2 heterocycles. The lowest BCUT2D eigenvalue weighted by atomic mass is 10.3. The first-order valence-electron chi connectivity index (χ1n) is 5.89. The number of aryl methyl sites for hydroxylation is 2. The maximum atomic E-state index is 12.0. The van der Waals surface area contributed by atoms with Crippen LogP contribution in [0.5, 0.6) is 0 Å². The molecule has 98 valence electrons. The highest BCUT2D eigenvalue weighted by Crippen LogP contribution is 2.21. The third-order valence-corrected chi connectivity index (χ3v) is 3.95. The predicted octanol–water partition coefficient (Wildman–Crippen LogP) is 2.06. The van der Waals surface area contributed by atoms with Crippen molar-refractivity contribution in [2.24, 2.45) is 0 Å². The largest absolute Gasteiger partial charge is 0.308 e. The molecule has 5 nitrogen and oxygen atoms in total. The van der Waals surface area contributed by atoms with Gasteiger partial charge in [-0.25, -0.2) is 0 Å². The van der Waals surface area contributed by atoms with E-state index in [1.807, 2.05) is 24.6 Å². The van der Waals surface area contributed by atoms with Crippen molar-refractivity contribution in [2.45, 2.75) is 26.9 Å². The van der Waals surface area contributed by atoms with Crippen LogP contribution in [0.15, 0.2) is 27.6 Å². The maximum Gasteiger partial charge on any atom is 0.268 e. The zero-order valence-corrected chi connectivity index (χ0v) is 12.3. The van der Waals surface area contributed by atoms with E-state index in [4.69, 9.17) is 5.26 Å². The quantitative estimate of drug-likeness (QED) is 0.869. The van der Waals surface area contributed by atoms with Gasteiger partial charge in [0.05, 0.1) is 22.4 Å². The third-order valence-electron chi connectivity index (χ3n) is 2.91. The molecule has 0 bridgehead atoms. The van der Waals surface area contributed by atoms with Crippen LogP contribution >= 0.6 is 15.9 Å². The summed E-state index contributed by atoms with van der Waals surface area (Å²) in [6, 6.07) is 5.13. The molecule has 0 aliphatic carbocycles. The normalized spacial score (nSPS) is 10.4. The molecule has 0 aliphatic heterocycles. The summed E-state index contributed by atoms with van der Waals surface area (Å²) in [7, 11) is 0. The van der Waals surface area contributed by atoms with E-state index in [1.165, 1.54) is 10.6 Å². The van der Waals surface area contributed by atoms with Gasteiger partial charge in [0.15, 0.2) is 0 Å². The van der Waals surface area contributed by atoms with E-state index in [9.17, 15) is 4.79 Å². The van der Waals surface area contributed by atoms with Crippen LogP contribution in [-0.4, -0.2) is 14.3 Å². The molecule has 0 unspecified atom stereocenters. The first-order valence-corrected chi connectivity index (χ1v) is 6.69. The van der Waals surface area contributed by atoms with Gasteiger partial charge in [-0.05, 0) is 41.9 Å². The van der Waals surface area contributed by atoms with E-state index >= 15 is 0 Å². The van der Waals surface area contributed by atoms with Crippen molar-refractivity contribution in [3.8, 4) is 6.07 Å². The Morgan fingerprint density at radius 1 is 1.53 bits per heavy atom. The minimum Gasteiger partial charge on any atom is -0.308 e. The Labute approximate surface area is 119 Å². The Morgan fingerprint density at radius 2 is 2.26 bits per heavy atom. The average Bonchev–Trinajstić information content (AvgIpc) is 2.68. The van der Waals surface area contributed by atoms with Gasteiger partial charge in [0.25, 0.3) is 5.56 Å². The molecule has 0 radical (unpaired) electrons. The van der Waals surface area contributed by atoms with Crippen LogP contribution in [0.25, 0.3) is 0 Å². The van der Waals surface area contributed by atoms with Crippen LogP contribution in [0.4, 0.5) is 0 Å². The standard InChI is InChI=1S/C13H13BrN4O/c1-3-18-11(12(14)9(2)16-18)8-17-6-4-5-10(7-15)13(17)19/h4-6H,3,8H2,1-2H3. The molecule has 0 amide bonds. The number of halogens is 1. The summed E-state index contributed by atoms with van der Waals surface area (Å²) < 4.78 is 4.28. The summed E-state index contributed by atoms with van der Waals surface area (Å²) in [5.41, 5.74) is 1.69. The predicted molar refractivity (Wildman–Crippen MR) is 74.9 cm³/mol. The van der Waals surface area contributed by atoms with Crippen molar-refractivity contribution in [3.05, 3.63) is 50.1 Å². The molecule has 2 aromatic rings. The molecular formula is C13H13BrN4O. The van der Waals surface area contributed by atoms with E-state index < -0.39 is 0 Å². The van der Waals surface area contributed by atoms with Gasteiger partial charge in [-0.2, -0.15) is 10.4 Å². The van der Waals surface area contributed by atoms with E-state index in [-0.39, 0.29) is 11.1 Å². The van der Waals surface area contributed by atoms with Crippen molar-refractivity contribution < 1.29 is 0 Å². The molecule has 19 heavy (non-hydrogen) atoms. The van der Waals surface area contributed by atoms with E-state index in [0.717, 1.165) is 22.4 Å². The zero-order valence-electron chi connectivity index (χ0n) is 10.7. The van der Waals surface area contributed by atoms with Gasteiger partial charge in [-0.3, -0.25) is 9.48 Å². The van der Waals surface area contributed by atoms with Gasteiger partial charge in [0.1, 0.15) is 11.6 Å². The van der Waals surface area contributed by atoms with Crippen molar-refractivity contribution in [1.82, 2.24) is 14.3 Å². The first kappa shape index (κ1) is 13.6. The molecule has 2 rings (SSSR count). The summed E-state index contributed by atoms with van der Waals surface area (Å²) in [5.74, 6) is 0. The second kappa shape index (κ2) is 5.41. The number of rotatable bonds is 3. The lowest BCUT2D eigenvalue weighted by Gasteiger charge is -2.08. The summed E-state index contributed by atoms with van der Waals surface area (Å²) in [6.45, 7) is 5.03. The lowest BCUT2D eigenvalue weighted by molar-refractivity contribution is 0.590. The monoisotopic (exact) mass is 320 g/mol. The molecule has 0 saturated heterocycles. The molecule has 0 aromatic carbocycles. The number of aromatic nitrogens is 3. The van der Waals surface area contributed by atoms with Crippen LogP contribution in [0.3, 0.4) is 0 Å². The van der Waals surface area contributed by atoms with Gasteiger partial charge >= 0.3 is 0 Å². The van der Waals surface area contributed by atoms with Crippen molar-refractivity contribution in [2.75, 3.05) is 0 Å². The van der Waals surface area contributed by atoms with Gasteiger partial charge in [0.2, 0.25) is 0 Å². The summed E-state index contributed by atoms with van der Waals surface area (Å²) in [6.07, 6.45) is 1.68. The number of hydrogen-bond acceptors (Lipinski definition) is 3. The van der Waals surface area contributed by atoms with Crippen LogP contribution in [-0.2, 0) is 13.1 Å². The number of nitriles is 1. The fourth-order valence-electron chi connectivity index (χ4n) is 1.93.